The fourth-order valence-corrected chi connectivity index (χ4v) is 5.89. The largest absolute Gasteiger partial charge is 0.455 e. The van der Waals surface area contributed by atoms with E-state index in [2.05, 4.69) is 84.9 Å². The number of benzene rings is 7. The fourth-order valence-electron chi connectivity index (χ4n) is 5.89. The molecule has 0 amide bonds. The van der Waals surface area contributed by atoms with Crippen molar-refractivity contribution in [2.45, 2.75) is 0 Å². The second kappa shape index (κ2) is 8.72. The number of hydrogen-bond acceptors (Lipinski definition) is 1. The van der Waals surface area contributed by atoms with Crippen LogP contribution in [0.5, 0.6) is 0 Å². The first kappa shape index (κ1) is 17.4. The summed E-state index contributed by atoms with van der Waals surface area (Å²) in [6.07, 6.45) is 0. The maximum atomic E-state index is 8.55. The zero-order valence-corrected chi connectivity index (χ0v) is 20.9. The van der Waals surface area contributed by atoms with Crippen molar-refractivity contribution in [2.24, 2.45) is 0 Å². The van der Waals surface area contributed by atoms with Crippen LogP contribution in [0.1, 0.15) is 6.85 Å². The second-order valence-electron chi connectivity index (χ2n) is 9.70. The molecule has 1 heteroatoms. The molecule has 0 spiro atoms. The van der Waals surface area contributed by atoms with E-state index in [1.165, 1.54) is 21.9 Å². The van der Waals surface area contributed by atoms with E-state index in [9.17, 15) is 0 Å². The Bertz CT molecular complexity index is 2360. The Kier molecular flexibility index (Phi) is 3.89. The number of rotatable bonds is 3. The average molecular weight is 502 g/mol. The van der Waals surface area contributed by atoms with Crippen LogP contribution >= 0.6 is 0 Å². The van der Waals surface area contributed by atoms with Gasteiger partial charge in [0.15, 0.2) is 0 Å². The quantitative estimate of drug-likeness (QED) is 0.219. The number of hydrogen-bond donors (Lipinski definition) is 0. The molecular weight excluding hydrogens is 472 g/mol. The molecule has 0 fully saturated rings. The Balaban J connectivity index is 1.42. The van der Waals surface area contributed by atoms with Gasteiger partial charge in [0.1, 0.15) is 11.2 Å². The molecule has 0 saturated heterocycles. The second-order valence-corrected chi connectivity index (χ2v) is 9.70. The van der Waals surface area contributed by atoms with Crippen LogP contribution in [0.3, 0.4) is 0 Å². The van der Waals surface area contributed by atoms with E-state index in [1.807, 2.05) is 24.3 Å². The molecule has 0 bridgehead atoms. The predicted octanol–water partition coefficient (Wildman–Crippen LogP) is 10.9. The predicted molar refractivity (Wildman–Crippen MR) is 165 cm³/mol. The number of furan rings is 1. The van der Waals surface area contributed by atoms with Crippen LogP contribution in [0.2, 0.25) is 0 Å². The van der Waals surface area contributed by atoms with Crippen LogP contribution in [0, 0.1) is 0 Å². The van der Waals surface area contributed by atoms with Crippen molar-refractivity contribution in [2.75, 3.05) is 0 Å². The topological polar surface area (TPSA) is 13.1 Å². The highest BCUT2D eigenvalue weighted by Crippen LogP contribution is 2.45. The molecule has 1 heterocycles. The van der Waals surface area contributed by atoms with Crippen LogP contribution < -0.4 is 0 Å². The molecule has 39 heavy (non-hydrogen) atoms. The summed E-state index contributed by atoms with van der Waals surface area (Å²) >= 11 is 0. The zero-order chi connectivity index (χ0) is 30.1. The van der Waals surface area contributed by atoms with Crippen LogP contribution in [0.15, 0.2) is 150 Å². The molecule has 0 aliphatic carbocycles. The fraction of sp³-hybridized carbons (Fsp3) is 0. The molecular formula is C38H24O. The van der Waals surface area contributed by atoms with Gasteiger partial charge in [0, 0.05) is 16.3 Å². The highest BCUT2D eigenvalue weighted by molar-refractivity contribution is 6.22. The average Bonchev–Trinajstić information content (AvgIpc) is 3.44. The molecule has 0 unspecified atom stereocenters. The first-order valence-electron chi connectivity index (χ1n) is 15.5. The minimum absolute atomic E-state index is 0.134. The van der Waals surface area contributed by atoms with Crippen molar-refractivity contribution < 1.29 is 11.3 Å². The third-order valence-corrected chi connectivity index (χ3v) is 7.55. The Morgan fingerprint density at radius 1 is 0.436 bits per heavy atom. The van der Waals surface area contributed by atoms with E-state index < -0.39 is 6.04 Å². The van der Waals surface area contributed by atoms with E-state index >= 15 is 0 Å². The van der Waals surface area contributed by atoms with Crippen LogP contribution in [0.4, 0.5) is 0 Å². The summed E-state index contributed by atoms with van der Waals surface area (Å²) < 4.78 is 47.8. The Morgan fingerprint density at radius 3 is 1.69 bits per heavy atom. The van der Waals surface area contributed by atoms with Crippen molar-refractivity contribution in [1.29, 1.82) is 0 Å². The molecule has 8 rings (SSSR count). The van der Waals surface area contributed by atoms with Gasteiger partial charge < -0.3 is 4.42 Å². The first-order chi connectivity index (χ1) is 21.4. The van der Waals surface area contributed by atoms with Crippen molar-refractivity contribution in [3.05, 3.63) is 145 Å². The van der Waals surface area contributed by atoms with Gasteiger partial charge in [-0.05, 0) is 61.5 Å². The molecule has 182 valence electrons. The van der Waals surface area contributed by atoms with Gasteiger partial charge in [-0.3, -0.25) is 0 Å². The van der Waals surface area contributed by atoms with Gasteiger partial charge in [0.2, 0.25) is 0 Å². The molecule has 1 nitrogen and oxygen atoms in total. The Labute approximate surface area is 233 Å². The molecule has 0 saturated carbocycles. The summed E-state index contributed by atoms with van der Waals surface area (Å²) in [6.45, 7) is 0. The van der Waals surface area contributed by atoms with E-state index in [0.29, 0.717) is 16.7 Å². The van der Waals surface area contributed by atoms with E-state index in [1.54, 1.807) is 6.07 Å². The Hall–Kier alpha value is -5.14. The van der Waals surface area contributed by atoms with Gasteiger partial charge in [-0.2, -0.15) is 0 Å². The SMILES string of the molecule is [2H]c1c([2H])c([2H])c(-c2cccc3c2oc2ccc(-c4c5ccccc5c(-c5ccccc5)c5ccccc45)cc23)c([2H])c1[2H]. The molecule has 0 radical (unpaired) electrons. The summed E-state index contributed by atoms with van der Waals surface area (Å²) in [6, 6.07) is 37.6. The molecule has 0 N–H and O–H groups in total. The highest BCUT2D eigenvalue weighted by Gasteiger charge is 2.18. The lowest BCUT2D eigenvalue weighted by molar-refractivity contribution is 0.670. The van der Waals surface area contributed by atoms with Crippen LogP contribution in [0.25, 0.3) is 76.9 Å². The summed E-state index contributed by atoms with van der Waals surface area (Å²) in [5, 5.41) is 6.36. The van der Waals surface area contributed by atoms with Crippen molar-refractivity contribution in [1.82, 2.24) is 0 Å². The third-order valence-electron chi connectivity index (χ3n) is 7.55. The number of para-hydroxylation sites is 1. The zero-order valence-electron chi connectivity index (χ0n) is 25.9. The van der Waals surface area contributed by atoms with Gasteiger partial charge in [0.05, 0.1) is 6.85 Å². The van der Waals surface area contributed by atoms with Crippen LogP contribution in [-0.2, 0) is 0 Å². The van der Waals surface area contributed by atoms with Crippen molar-refractivity contribution in [3.8, 4) is 33.4 Å². The lowest BCUT2D eigenvalue weighted by atomic mass is 9.86. The summed E-state index contributed by atoms with van der Waals surface area (Å²) in [7, 11) is 0. The van der Waals surface area contributed by atoms with E-state index in [-0.39, 0.29) is 29.7 Å². The number of fused-ring (bicyclic) bond motifs is 5. The normalized spacial score (nSPS) is 13.4. The third kappa shape index (κ3) is 3.41. The van der Waals surface area contributed by atoms with Crippen LogP contribution in [-0.4, -0.2) is 0 Å². The smallest absolute Gasteiger partial charge is 0.143 e. The van der Waals surface area contributed by atoms with Gasteiger partial charge in [-0.25, -0.2) is 0 Å². The molecule has 7 aromatic carbocycles. The molecule has 0 atom stereocenters. The summed E-state index contributed by atoms with van der Waals surface area (Å²) in [5.41, 5.74) is 6.32. The maximum Gasteiger partial charge on any atom is 0.143 e. The van der Waals surface area contributed by atoms with Gasteiger partial charge in [-0.15, -0.1) is 0 Å². The molecule has 0 aliphatic rings. The van der Waals surface area contributed by atoms with E-state index in [0.717, 1.165) is 32.7 Å². The van der Waals surface area contributed by atoms with E-state index in [4.69, 9.17) is 11.3 Å². The summed E-state index contributed by atoms with van der Waals surface area (Å²) in [5.74, 6) is 0. The first-order valence-corrected chi connectivity index (χ1v) is 13.0. The molecule has 8 aromatic rings. The summed E-state index contributed by atoms with van der Waals surface area (Å²) in [4.78, 5) is 0. The van der Waals surface area contributed by atoms with Crippen molar-refractivity contribution >= 4 is 43.5 Å². The minimum atomic E-state index is -0.414. The monoisotopic (exact) mass is 501 g/mol. The lowest BCUT2D eigenvalue weighted by Gasteiger charge is -2.17. The lowest BCUT2D eigenvalue weighted by Crippen LogP contribution is -1.90. The maximum absolute atomic E-state index is 8.55. The van der Waals surface area contributed by atoms with Gasteiger partial charge >= 0.3 is 0 Å². The molecule has 1 aromatic heterocycles. The minimum Gasteiger partial charge on any atom is -0.455 e. The van der Waals surface area contributed by atoms with Crippen molar-refractivity contribution in [3.63, 3.8) is 0 Å². The highest BCUT2D eigenvalue weighted by atomic mass is 16.3. The molecule has 0 aliphatic heterocycles. The van der Waals surface area contributed by atoms with Gasteiger partial charge in [0.25, 0.3) is 0 Å². The Morgan fingerprint density at radius 2 is 1.03 bits per heavy atom. The standard InChI is InChI=1S/C38H24O/c1-3-12-25(13-4-1)28-20-11-21-33-34-24-27(22-23-35(34)39-38(28)33)37-31-18-9-7-16-29(31)36(26-14-5-2-6-15-26)30-17-8-10-19-32(30)37/h1-24H/i1D,3D,4D,12D,13D. The van der Waals surface area contributed by atoms with Gasteiger partial charge in [-0.1, -0.05) is 133 Å².